The first-order chi connectivity index (χ1) is 6.52. The first-order valence-electron chi connectivity index (χ1n) is 5.13. The molecule has 0 radical (unpaired) electrons. The van der Waals surface area contributed by atoms with Crippen molar-refractivity contribution >= 4 is 17.5 Å². The maximum Gasteiger partial charge on any atom is 0.240 e. The number of rotatable bonds is 2. The maximum atomic E-state index is 11.5. The monoisotopic (exact) mass is 219 g/mol. The van der Waals surface area contributed by atoms with Crippen molar-refractivity contribution in [3.05, 3.63) is 0 Å². The van der Waals surface area contributed by atoms with Crippen LogP contribution in [0.25, 0.3) is 0 Å². The van der Waals surface area contributed by atoms with Crippen LogP contribution in [0, 0.1) is 5.92 Å². The molecule has 0 aliphatic carbocycles. The molecule has 4 heteroatoms. The molecule has 1 N–H and O–H groups in total. The molecule has 1 amide bonds. The van der Waals surface area contributed by atoms with Crippen LogP contribution >= 0.6 is 11.6 Å². The fourth-order valence-electron chi connectivity index (χ4n) is 1.85. The molecule has 82 valence electrons. The molecule has 1 fully saturated rings. The van der Waals surface area contributed by atoms with Crippen LogP contribution < -0.4 is 0 Å². The van der Waals surface area contributed by atoms with Crippen molar-refractivity contribution in [2.24, 2.45) is 5.92 Å². The third kappa shape index (κ3) is 2.85. The molecule has 1 aliphatic rings. The van der Waals surface area contributed by atoms with Gasteiger partial charge >= 0.3 is 0 Å². The van der Waals surface area contributed by atoms with Crippen LogP contribution in [0.3, 0.4) is 0 Å². The quantitative estimate of drug-likeness (QED) is 0.710. The largest absolute Gasteiger partial charge is 0.393 e. The molecule has 0 aromatic carbocycles. The molecule has 0 aromatic heterocycles. The predicted molar refractivity (Wildman–Crippen MR) is 56.3 cm³/mol. The second-order valence-electron chi connectivity index (χ2n) is 4.02. The molecular weight excluding hydrogens is 202 g/mol. The van der Waals surface area contributed by atoms with Gasteiger partial charge in [-0.15, -0.1) is 11.6 Å². The van der Waals surface area contributed by atoms with Gasteiger partial charge in [0.15, 0.2) is 0 Å². The van der Waals surface area contributed by atoms with Crippen molar-refractivity contribution in [3.8, 4) is 0 Å². The van der Waals surface area contributed by atoms with Gasteiger partial charge in [0.05, 0.1) is 6.10 Å². The van der Waals surface area contributed by atoms with Crippen molar-refractivity contribution in [2.75, 3.05) is 13.1 Å². The first-order valence-corrected chi connectivity index (χ1v) is 5.57. The zero-order valence-electron chi connectivity index (χ0n) is 8.74. The number of hydrogen-bond donors (Lipinski definition) is 1. The lowest BCUT2D eigenvalue weighted by molar-refractivity contribution is -0.132. The molecule has 3 nitrogen and oxygen atoms in total. The molecule has 0 spiro atoms. The Morgan fingerprint density at radius 3 is 2.29 bits per heavy atom. The van der Waals surface area contributed by atoms with E-state index < -0.39 is 5.38 Å². The number of nitrogens with zero attached hydrogens (tertiary/aromatic N) is 1. The molecule has 1 aliphatic heterocycles. The van der Waals surface area contributed by atoms with Gasteiger partial charge in [-0.05, 0) is 32.6 Å². The minimum Gasteiger partial charge on any atom is -0.393 e. The lowest BCUT2D eigenvalue weighted by Gasteiger charge is -2.33. The maximum absolute atomic E-state index is 11.5. The first kappa shape index (κ1) is 11.8. The zero-order valence-corrected chi connectivity index (χ0v) is 9.50. The van der Waals surface area contributed by atoms with Gasteiger partial charge in [-0.25, -0.2) is 0 Å². The van der Waals surface area contributed by atoms with Crippen molar-refractivity contribution in [2.45, 2.75) is 38.2 Å². The summed E-state index contributed by atoms with van der Waals surface area (Å²) in [6.07, 6.45) is 1.50. The molecule has 0 bridgehead atoms. The van der Waals surface area contributed by atoms with Gasteiger partial charge < -0.3 is 10.0 Å². The number of amides is 1. The summed E-state index contributed by atoms with van der Waals surface area (Å²) in [4.78, 5) is 13.3. The van der Waals surface area contributed by atoms with Crippen molar-refractivity contribution in [1.29, 1.82) is 0 Å². The number of piperidine rings is 1. The highest BCUT2D eigenvalue weighted by atomic mass is 35.5. The summed E-state index contributed by atoms with van der Waals surface area (Å²) in [5, 5.41) is 8.95. The van der Waals surface area contributed by atoms with Gasteiger partial charge in [0.25, 0.3) is 0 Å². The Kier molecular flexibility index (Phi) is 4.20. The summed E-state index contributed by atoms with van der Waals surface area (Å²) < 4.78 is 0. The smallest absolute Gasteiger partial charge is 0.240 e. The highest BCUT2D eigenvalue weighted by molar-refractivity contribution is 6.30. The molecule has 1 rings (SSSR count). The van der Waals surface area contributed by atoms with Gasteiger partial charge in [-0.3, -0.25) is 4.79 Å². The number of carbonyl (C=O) groups is 1. The van der Waals surface area contributed by atoms with E-state index in [9.17, 15) is 9.90 Å². The van der Waals surface area contributed by atoms with E-state index in [-0.39, 0.29) is 12.0 Å². The molecular formula is C10H18ClNO2. The van der Waals surface area contributed by atoms with Crippen LogP contribution in [0.1, 0.15) is 26.7 Å². The fourth-order valence-corrected chi connectivity index (χ4v) is 1.99. The van der Waals surface area contributed by atoms with Crippen molar-refractivity contribution < 1.29 is 9.90 Å². The molecule has 2 atom stereocenters. The van der Waals surface area contributed by atoms with Crippen LogP contribution in [0.4, 0.5) is 0 Å². The third-order valence-electron chi connectivity index (χ3n) is 2.87. The van der Waals surface area contributed by atoms with Crippen molar-refractivity contribution in [3.63, 3.8) is 0 Å². The average molecular weight is 220 g/mol. The molecule has 0 unspecified atom stereocenters. The molecule has 1 saturated heterocycles. The van der Waals surface area contributed by atoms with E-state index in [4.69, 9.17) is 11.6 Å². The van der Waals surface area contributed by atoms with E-state index in [1.165, 1.54) is 0 Å². The SMILES string of the molecule is C[C@@H](Cl)C(=O)N1CCC([C@@H](C)O)CC1. The van der Waals surface area contributed by atoms with Gasteiger partial charge in [-0.1, -0.05) is 0 Å². The normalized spacial score (nSPS) is 23.3. The average Bonchev–Trinajstić information content (AvgIpc) is 2.16. The lowest BCUT2D eigenvalue weighted by Crippen LogP contribution is -2.43. The van der Waals surface area contributed by atoms with Crippen molar-refractivity contribution in [1.82, 2.24) is 4.90 Å². The Labute approximate surface area is 90.0 Å². The minimum atomic E-state index is -0.432. The standard InChI is InChI=1S/C10H18ClNO2/c1-7(11)10(14)12-5-3-9(4-6-12)8(2)13/h7-9,13H,3-6H2,1-2H3/t7-,8-/m1/s1. The van der Waals surface area contributed by atoms with E-state index in [1.54, 1.807) is 11.8 Å². The van der Waals surface area contributed by atoms with E-state index in [2.05, 4.69) is 0 Å². The van der Waals surface area contributed by atoms with E-state index in [0.29, 0.717) is 5.92 Å². The van der Waals surface area contributed by atoms with Crippen LogP contribution in [0.15, 0.2) is 0 Å². The number of alkyl halides is 1. The van der Waals surface area contributed by atoms with Gasteiger partial charge in [0.2, 0.25) is 5.91 Å². The van der Waals surface area contributed by atoms with Crippen LogP contribution in [0.5, 0.6) is 0 Å². The number of hydrogen-bond acceptors (Lipinski definition) is 2. The Hall–Kier alpha value is -0.280. The molecule has 14 heavy (non-hydrogen) atoms. The van der Waals surface area contributed by atoms with Crippen LogP contribution in [-0.2, 0) is 4.79 Å². The second kappa shape index (κ2) is 4.99. The van der Waals surface area contributed by atoms with E-state index >= 15 is 0 Å². The Morgan fingerprint density at radius 2 is 1.93 bits per heavy atom. The molecule has 0 saturated carbocycles. The Bertz CT molecular complexity index is 198. The van der Waals surface area contributed by atoms with E-state index in [0.717, 1.165) is 25.9 Å². The number of carbonyl (C=O) groups excluding carboxylic acids is 1. The summed E-state index contributed by atoms with van der Waals surface area (Å²) in [5.74, 6) is 0.348. The number of aliphatic hydroxyl groups is 1. The Balaban J connectivity index is 2.39. The van der Waals surface area contributed by atoms with Gasteiger partial charge in [0.1, 0.15) is 5.38 Å². The number of likely N-dealkylation sites (tertiary alicyclic amines) is 1. The highest BCUT2D eigenvalue weighted by Crippen LogP contribution is 2.21. The summed E-state index contributed by atoms with van der Waals surface area (Å²) >= 11 is 5.72. The lowest BCUT2D eigenvalue weighted by atomic mass is 9.92. The predicted octanol–water partition coefficient (Wildman–Crippen LogP) is 1.23. The minimum absolute atomic E-state index is 0.00992. The number of aliphatic hydroxyl groups excluding tert-OH is 1. The van der Waals surface area contributed by atoms with Gasteiger partial charge in [-0.2, -0.15) is 0 Å². The second-order valence-corrected chi connectivity index (χ2v) is 4.67. The topological polar surface area (TPSA) is 40.5 Å². The summed E-state index contributed by atoms with van der Waals surface area (Å²) in [7, 11) is 0. The van der Waals surface area contributed by atoms with E-state index in [1.807, 2.05) is 6.92 Å². The summed E-state index contributed by atoms with van der Waals surface area (Å²) in [6.45, 7) is 4.97. The highest BCUT2D eigenvalue weighted by Gasteiger charge is 2.26. The van der Waals surface area contributed by atoms with Crippen LogP contribution in [-0.4, -0.2) is 40.5 Å². The van der Waals surface area contributed by atoms with Gasteiger partial charge in [0, 0.05) is 13.1 Å². The fraction of sp³-hybridized carbons (Fsp3) is 0.900. The summed E-state index contributed by atoms with van der Waals surface area (Å²) in [5.41, 5.74) is 0. The Morgan fingerprint density at radius 1 is 1.43 bits per heavy atom. The molecule has 0 aromatic rings. The zero-order chi connectivity index (χ0) is 10.7. The summed E-state index contributed by atoms with van der Waals surface area (Å²) in [6, 6.07) is 0. The third-order valence-corrected chi connectivity index (χ3v) is 3.06. The van der Waals surface area contributed by atoms with Crippen LogP contribution in [0.2, 0.25) is 0 Å². The molecule has 1 heterocycles. The number of halogens is 1.